The zero-order chi connectivity index (χ0) is 14.9. The van der Waals surface area contributed by atoms with Crippen LogP contribution in [0, 0.1) is 5.82 Å². The van der Waals surface area contributed by atoms with Gasteiger partial charge in [0.25, 0.3) is 0 Å². The average molecular weight is 356 g/mol. The maximum Gasteiger partial charge on any atom is 0.169 e. The summed E-state index contributed by atoms with van der Waals surface area (Å²) in [6, 6.07) is 4.42. The Labute approximate surface area is 130 Å². The van der Waals surface area contributed by atoms with Crippen LogP contribution in [-0.4, -0.2) is 10.8 Å². The number of carbonyl (C=O) groups is 1. The molecule has 0 unspecified atom stereocenters. The van der Waals surface area contributed by atoms with E-state index in [1.165, 1.54) is 17.4 Å². The molecule has 2 aromatic rings. The molecule has 2 rings (SSSR count). The summed E-state index contributed by atoms with van der Waals surface area (Å²) in [5.41, 5.74) is 1.33. The molecule has 1 aromatic heterocycles. The quantitative estimate of drug-likeness (QED) is 0.742. The van der Waals surface area contributed by atoms with Crippen molar-refractivity contribution in [2.45, 2.75) is 32.6 Å². The number of halogens is 2. The second kappa shape index (κ2) is 5.74. The topological polar surface area (TPSA) is 30.0 Å². The number of Topliss-reactive ketones (excluding diaryl/α,β-unsaturated/α-hetero) is 1. The van der Waals surface area contributed by atoms with E-state index in [9.17, 15) is 9.18 Å². The van der Waals surface area contributed by atoms with Gasteiger partial charge < -0.3 is 0 Å². The summed E-state index contributed by atoms with van der Waals surface area (Å²) < 4.78 is 13.8. The molecule has 0 amide bonds. The molecule has 0 saturated heterocycles. The number of ketones is 1. The summed E-state index contributed by atoms with van der Waals surface area (Å²) in [5.74, 6) is -0.545. The molecule has 106 valence electrons. The number of hydrogen-bond donors (Lipinski definition) is 0. The number of hydrogen-bond acceptors (Lipinski definition) is 3. The van der Waals surface area contributed by atoms with Crippen molar-refractivity contribution in [2.24, 2.45) is 0 Å². The molecule has 0 N–H and O–H groups in total. The van der Waals surface area contributed by atoms with E-state index < -0.39 is 5.82 Å². The monoisotopic (exact) mass is 355 g/mol. The molecule has 0 atom stereocenters. The number of nitrogens with zero attached hydrogens (tertiary/aromatic N) is 1. The Morgan fingerprint density at radius 2 is 2.10 bits per heavy atom. The third kappa shape index (κ3) is 3.52. The largest absolute Gasteiger partial charge is 0.294 e. The molecule has 0 spiro atoms. The fourth-order valence-electron chi connectivity index (χ4n) is 1.65. The van der Waals surface area contributed by atoms with Gasteiger partial charge in [0.15, 0.2) is 5.78 Å². The summed E-state index contributed by atoms with van der Waals surface area (Å²) in [6.07, 6.45) is 0.210. The van der Waals surface area contributed by atoms with E-state index in [4.69, 9.17) is 0 Å². The Balaban J connectivity index is 2.15. The van der Waals surface area contributed by atoms with Gasteiger partial charge in [-0.15, -0.1) is 11.3 Å². The van der Waals surface area contributed by atoms with Gasteiger partial charge in [0.1, 0.15) is 10.8 Å². The van der Waals surface area contributed by atoms with Crippen molar-refractivity contribution in [1.82, 2.24) is 4.98 Å². The van der Waals surface area contributed by atoms with Crippen LogP contribution in [0.3, 0.4) is 0 Å². The molecule has 5 heteroatoms. The van der Waals surface area contributed by atoms with Gasteiger partial charge in [0.05, 0.1) is 16.6 Å². The lowest BCUT2D eigenvalue weighted by molar-refractivity contribution is 0.0992. The number of benzene rings is 1. The summed E-state index contributed by atoms with van der Waals surface area (Å²) in [5, 5.41) is 2.74. The number of carbonyl (C=O) groups excluding carboxylic acids is 1. The Morgan fingerprint density at radius 1 is 1.40 bits per heavy atom. The minimum atomic E-state index is -0.426. The molecule has 0 radical (unpaired) electrons. The Morgan fingerprint density at radius 3 is 2.65 bits per heavy atom. The predicted octanol–water partition coefficient (Wildman–Crippen LogP) is 4.77. The first-order valence-electron chi connectivity index (χ1n) is 6.20. The van der Waals surface area contributed by atoms with Crippen LogP contribution in [0.25, 0.3) is 0 Å². The van der Waals surface area contributed by atoms with Crippen LogP contribution in [0.5, 0.6) is 0 Å². The van der Waals surface area contributed by atoms with Crippen LogP contribution >= 0.6 is 27.3 Å². The third-order valence-corrected chi connectivity index (χ3v) is 4.37. The first-order valence-corrected chi connectivity index (χ1v) is 7.88. The smallest absolute Gasteiger partial charge is 0.169 e. The molecule has 0 aliphatic heterocycles. The average Bonchev–Trinajstić information content (AvgIpc) is 2.81. The summed E-state index contributed by atoms with van der Waals surface area (Å²) in [7, 11) is 0. The van der Waals surface area contributed by atoms with Crippen molar-refractivity contribution in [1.29, 1.82) is 0 Å². The van der Waals surface area contributed by atoms with E-state index >= 15 is 0 Å². The zero-order valence-corrected chi connectivity index (χ0v) is 13.9. The third-order valence-electron chi connectivity index (χ3n) is 2.87. The maximum atomic E-state index is 13.4. The van der Waals surface area contributed by atoms with Crippen LogP contribution in [0.2, 0.25) is 0 Å². The van der Waals surface area contributed by atoms with E-state index in [-0.39, 0.29) is 17.6 Å². The zero-order valence-electron chi connectivity index (χ0n) is 11.5. The molecular formula is C15H15BrFNOS. The standard InChI is InChI=1S/C15H15BrFNOS/c1-15(2,3)13-8-20-14(18-13)7-12(19)9-4-5-10(16)11(17)6-9/h4-6,8H,7H2,1-3H3. The van der Waals surface area contributed by atoms with Crippen LogP contribution in [0.4, 0.5) is 4.39 Å². The lowest BCUT2D eigenvalue weighted by Gasteiger charge is -2.14. The van der Waals surface area contributed by atoms with Crippen molar-refractivity contribution in [3.63, 3.8) is 0 Å². The molecule has 1 aromatic carbocycles. The fourth-order valence-corrected chi connectivity index (χ4v) is 2.91. The van der Waals surface area contributed by atoms with Gasteiger partial charge in [-0.1, -0.05) is 26.8 Å². The highest BCUT2D eigenvalue weighted by Gasteiger charge is 2.19. The normalized spacial score (nSPS) is 11.7. The van der Waals surface area contributed by atoms with E-state index in [0.29, 0.717) is 10.0 Å². The number of aromatic nitrogens is 1. The Bertz CT molecular complexity index is 646. The molecule has 0 fully saturated rings. The molecule has 20 heavy (non-hydrogen) atoms. The minimum absolute atomic E-state index is 0.0263. The fraction of sp³-hybridized carbons (Fsp3) is 0.333. The van der Waals surface area contributed by atoms with Crippen LogP contribution in [0.1, 0.15) is 41.8 Å². The summed E-state index contributed by atoms with van der Waals surface area (Å²) in [4.78, 5) is 16.6. The van der Waals surface area contributed by atoms with Crippen molar-refractivity contribution in [3.8, 4) is 0 Å². The highest BCUT2D eigenvalue weighted by atomic mass is 79.9. The van der Waals surface area contributed by atoms with Crippen LogP contribution < -0.4 is 0 Å². The molecule has 0 aliphatic rings. The van der Waals surface area contributed by atoms with Crippen molar-refractivity contribution in [2.75, 3.05) is 0 Å². The lowest BCUT2D eigenvalue weighted by Crippen LogP contribution is -2.12. The number of thiazole rings is 1. The second-order valence-electron chi connectivity index (χ2n) is 5.61. The van der Waals surface area contributed by atoms with Crippen LogP contribution in [-0.2, 0) is 11.8 Å². The highest BCUT2D eigenvalue weighted by molar-refractivity contribution is 9.10. The lowest BCUT2D eigenvalue weighted by atomic mass is 9.93. The highest BCUT2D eigenvalue weighted by Crippen LogP contribution is 2.25. The molecule has 1 heterocycles. The van der Waals surface area contributed by atoms with Crippen molar-refractivity contribution >= 4 is 33.0 Å². The molecule has 0 bridgehead atoms. The van der Waals surface area contributed by atoms with Gasteiger partial charge >= 0.3 is 0 Å². The SMILES string of the molecule is CC(C)(C)c1csc(CC(=O)c2ccc(Br)c(F)c2)n1. The minimum Gasteiger partial charge on any atom is -0.294 e. The molecule has 0 aliphatic carbocycles. The summed E-state index contributed by atoms with van der Waals surface area (Å²) in [6.45, 7) is 6.24. The van der Waals surface area contributed by atoms with Crippen molar-refractivity contribution in [3.05, 3.63) is 50.1 Å². The van der Waals surface area contributed by atoms with Crippen LogP contribution in [0.15, 0.2) is 28.1 Å². The molecule has 2 nitrogen and oxygen atoms in total. The first kappa shape index (κ1) is 15.3. The Hall–Kier alpha value is -1.07. The second-order valence-corrected chi connectivity index (χ2v) is 7.40. The van der Waals surface area contributed by atoms with Gasteiger partial charge in [-0.3, -0.25) is 4.79 Å². The van der Waals surface area contributed by atoms with E-state index in [0.717, 1.165) is 10.7 Å². The van der Waals surface area contributed by atoms with Gasteiger partial charge in [-0.05, 0) is 28.1 Å². The van der Waals surface area contributed by atoms with Crippen molar-refractivity contribution < 1.29 is 9.18 Å². The van der Waals surface area contributed by atoms with Gasteiger partial charge in [0.2, 0.25) is 0 Å². The maximum absolute atomic E-state index is 13.4. The van der Waals surface area contributed by atoms with Gasteiger partial charge in [-0.25, -0.2) is 9.37 Å². The first-order chi connectivity index (χ1) is 9.27. The number of rotatable bonds is 3. The molecular weight excluding hydrogens is 341 g/mol. The van der Waals surface area contributed by atoms with Gasteiger partial charge in [-0.2, -0.15) is 0 Å². The predicted molar refractivity (Wildman–Crippen MR) is 82.9 cm³/mol. The summed E-state index contributed by atoms with van der Waals surface area (Å²) >= 11 is 4.55. The van der Waals surface area contributed by atoms with E-state index in [2.05, 4.69) is 41.7 Å². The molecule has 0 saturated carbocycles. The van der Waals surface area contributed by atoms with Gasteiger partial charge in [0, 0.05) is 16.4 Å². The van der Waals surface area contributed by atoms with E-state index in [1.54, 1.807) is 12.1 Å². The van der Waals surface area contributed by atoms with E-state index in [1.807, 2.05) is 5.38 Å². The Kier molecular flexibility index (Phi) is 4.39.